The molecule has 0 aliphatic carbocycles. The minimum absolute atomic E-state index is 0.134. The maximum atomic E-state index is 11.8. The summed E-state index contributed by atoms with van der Waals surface area (Å²) in [5.74, 6) is 0.419. The highest BCUT2D eigenvalue weighted by Crippen LogP contribution is 2.25. The number of amides is 2. The standard InChI is InChI=1S/C15H21N3O3S/c1-10(2)8-21-9-11(19)7-16-14(20)18-15-17-12-5-3-4-6-13(12)22-15/h3-6,10-11,19H,7-9H2,1-2H3,(H2,16,17,18,20)/t11-/m1/s1. The maximum Gasteiger partial charge on any atom is 0.321 e. The summed E-state index contributed by atoms with van der Waals surface area (Å²) in [5, 5.41) is 15.5. The molecule has 1 aromatic carbocycles. The highest BCUT2D eigenvalue weighted by Gasteiger charge is 2.10. The Morgan fingerprint density at radius 2 is 2.14 bits per heavy atom. The molecule has 3 N–H and O–H groups in total. The Labute approximate surface area is 133 Å². The van der Waals surface area contributed by atoms with Gasteiger partial charge in [0.1, 0.15) is 0 Å². The van der Waals surface area contributed by atoms with Gasteiger partial charge in [0.2, 0.25) is 0 Å². The van der Waals surface area contributed by atoms with Crippen LogP contribution in [0.3, 0.4) is 0 Å². The molecule has 0 fully saturated rings. The van der Waals surface area contributed by atoms with E-state index >= 15 is 0 Å². The van der Waals surface area contributed by atoms with Gasteiger partial charge in [0.25, 0.3) is 0 Å². The Morgan fingerprint density at radius 3 is 2.86 bits per heavy atom. The molecule has 0 aliphatic rings. The smallest absolute Gasteiger partial charge is 0.321 e. The number of hydrogen-bond donors (Lipinski definition) is 3. The molecule has 0 unspecified atom stereocenters. The number of aliphatic hydroxyl groups excluding tert-OH is 1. The number of urea groups is 1. The third kappa shape index (κ3) is 5.25. The predicted molar refractivity (Wildman–Crippen MR) is 88.3 cm³/mol. The molecule has 0 aliphatic heterocycles. The monoisotopic (exact) mass is 323 g/mol. The van der Waals surface area contributed by atoms with Crippen LogP contribution in [0.25, 0.3) is 10.2 Å². The number of ether oxygens (including phenoxy) is 1. The van der Waals surface area contributed by atoms with Crippen molar-refractivity contribution in [3.8, 4) is 0 Å². The van der Waals surface area contributed by atoms with Gasteiger partial charge in [-0.2, -0.15) is 0 Å². The van der Waals surface area contributed by atoms with Crippen LogP contribution in [0.2, 0.25) is 0 Å². The first-order chi connectivity index (χ1) is 10.5. The van der Waals surface area contributed by atoms with Crippen molar-refractivity contribution in [2.75, 3.05) is 25.1 Å². The van der Waals surface area contributed by atoms with Crippen molar-refractivity contribution in [2.45, 2.75) is 20.0 Å². The third-order valence-corrected chi connectivity index (χ3v) is 3.73. The lowest BCUT2D eigenvalue weighted by Gasteiger charge is -2.13. The van der Waals surface area contributed by atoms with E-state index in [4.69, 9.17) is 4.74 Å². The summed E-state index contributed by atoms with van der Waals surface area (Å²) in [6.07, 6.45) is -0.722. The molecule has 2 amide bonds. The number of hydrogen-bond acceptors (Lipinski definition) is 5. The minimum atomic E-state index is -0.722. The van der Waals surface area contributed by atoms with Crippen molar-refractivity contribution in [1.29, 1.82) is 0 Å². The Balaban J connectivity index is 1.73. The number of carbonyl (C=O) groups is 1. The van der Waals surface area contributed by atoms with Gasteiger partial charge in [0, 0.05) is 13.2 Å². The number of anilines is 1. The minimum Gasteiger partial charge on any atom is -0.389 e. The number of para-hydroxylation sites is 1. The number of carbonyl (C=O) groups excluding carboxylic acids is 1. The Bertz CT molecular complexity index is 582. The number of rotatable bonds is 7. The molecule has 1 atom stereocenters. The van der Waals surface area contributed by atoms with Crippen molar-refractivity contribution in [1.82, 2.24) is 10.3 Å². The van der Waals surface area contributed by atoms with E-state index < -0.39 is 6.10 Å². The topological polar surface area (TPSA) is 83.5 Å². The molecule has 2 rings (SSSR count). The van der Waals surface area contributed by atoms with Gasteiger partial charge < -0.3 is 15.2 Å². The molecule has 7 heteroatoms. The second kappa shape index (κ2) is 8.07. The van der Waals surface area contributed by atoms with Crippen LogP contribution in [0, 0.1) is 5.92 Å². The fourth-order valence-corrected chi connectivity index (χ4v) is 2.64. The molecule has 0 saturated carbocycles. The van der Waals surface area contributed by atoms with E-state index in [1.165, 1.54) is 11.3 Å². The molecule has 0 spiro atoms. The van der Waals surface area contributed by atoms with Crippen molar-refractivity contribution < 1.29 is 14.6 Å². The van der Waals surface area contributed by atoms with E-state index in [-0.39, 0.29) is 19.2 Å². The average molecular weight is 323 g/mol. The Hall–Kier alpha value is -1.70. The van der Waals surface area contributed by atoms with Crippen LogP contribution >= 0.6 is 11.3 Å². The highest BCUT2D eigenvalue weighted by atomic mass is 32.1. The van der Waals surface area contributed by atoms with Crippen LogP contribution in [0.5, 0.6) is 0 Å². The molecule has 1 aromatic heterocycles. The number of benzene rings is 1. The zero-order valence-corrected chi connectivity index (χ0v) is 13.5. The third-order valence-electron chi connectivity index (χ3n) is 2.77. The fraction of sp³-hybridized carbons (Fsp3) is 0.467. The number of aliphatic hydroxyl groups is 1. The molecule has 22 heavy (non-hydrogen) atoms. The second-order valence-electron chi connectivity index (χ2n) is 5.41. The first-order valence-electron chi connectivity index (χ1n) is 7.21. The summed E-state index contributed by atoms with van der Waals surface area (Å²) in [7, 11) is 0. The molecule has 1 heterocycles. The molecular weight excluding hydrogens is 302 g/mol. The van der Waals surface area contributed by atoms with Crippen LogP contribution in [-0.4, -0.2) is 42.0 Å². The normalized spacial score (nSPS) is 12.5. The van der Waals surface area contributed by atoms with Crippen LogP contribution in [0.15, 0.2) is 24.3 Å². The molecule has 120 valence electrons. The lowest BCUT2D eigenvalue weighted by Crippen LogP contribution is -2.37. The van der Waals surface area contributed by atoms with E-state index in [0.717, 1.165) is 10.2 Å². The van der Waals surface area contributed by atoms with Gasteiger partial charge in [-0.25, -0.2) is 9.78 Å². The SMILES string of the molecule is CC(C)COC[C@H](O)CNC(=O)Nc1nc2ccccc2s1. The van der Waals surface area contributed by atoms with Gasteiger partial charge in [-0.05, 0) is 18.1 Å². The summed E-state index contributed by atoms with van der Waals surface area (Å²) in [6, 6.07) is 7.29. The lowest BCUT2D eigenvalue weighted by molar-refractivity contribution is 0.0274. The van der Waals surface area contributed by atoms with Gasteiger partial charge in [-0.1, -0.05) is 37.3 Å². The van der Waals surface area contributed by atoms with Gasteiger partial charge in [-0.15, -0.1) is 0 Å². The highest BCUT2D eigenvalue weighted by molar-refractivity contribution is 7.22. The number of nitrogens with zero attached hydrogens (tertiary/aromatic N) is 1. The Kier molecular flexibility index (Phi) is 6.11. The summed E-state index contributed by atoms with van der Waals surface area (Å²) in [6.45, 7) is 5.01. The first kappa shape index (κ1) is 16.7. The molecule has 0 saturated heterocycles. The molecule has 0 bridgehead atoms. The van der Waals surface area contributed by atoms with Crippen LogP contribution in [-0.2, 0) is 4.74 Å². The van der Waals surface area contributed by atoms with E-state index in [2.05, 4.69) is 15.6 Å². The predicted octanol–water partition coefficient (Wildman–Crippen LogP) is 2.45. The summed E-state index contributed by atoms with van der Waals surface area (Å²) in [5.41, 5.74) is 0.852. The number of thiazole rings is 1. The number of nitrogens with one attached hydrogen (secondary N) is 2. The summed E-state index contributed by atoms with van der Waals surface area (Å²) in [4.78, 5) is 16.1. The van der Waals surface area contributed by atoms with Crippen LogP contribution < -0.4 is 10.6 Å². The quantitative estimate of drug-likeness (QED) is 0.731. The van der Waals surface area contributed by atoms with Gasteiger partial charge in [-0.3, -0.25) is 5.32 Å². The summed E-state index contributed by atoms with van der Waals surface area (Å²) < 4.78 is 6.33. The van der Waals surface area contributed by atoms with Gasteiger partial charge in [0.15, 0.2) is 5.13 Å². The van der Waals surface area contributed by atoms with Crippen molar-refractivity contribution in [3.05, 3.63) is 24.3 Å². The maximum absolute atomic E-state index is 11.8. The first-order valence-corrected chi connectivity index (χ1v) is 8.02. The van der Waals surface area contributed by atoms with E-state index in [1.54, 1.807) is 0 Å². The lowest BCUT2D eigenvalue weighted by atomic mass is 10.2. The van der Waals surface area contributed by atoms with E-state index in [9.17, 15) is 9.90 Å². The van der Waals surface area contributed by atoms with E-state index in [1.807, 2.05) is 38.1 Å². The van der Waals surface area contributed by atoms with Crippen molar-refractivity contribution >= 4 is 32.7 Å². The van der Waals surface area contributed by atoms with Gasteiger partial charge >= 0.3 is 6.03 Å². The zero-order valence-electron chi connectivity index (χ0n) is 12.7. The van der Waals surface area contributed by atoms with Crippen molar-refractivity contribution in [3.63, 3.8) is 0 Å². The van der Waals surface area contributed by atoms with Crippen molar-refractivity contribution in [2.24, 2.45) is 5.92 Å². The Morgan fingerprint density at radius 1 is 1.36 bits per heavy atom. The van der Waals surface area contributed by atoms with E-state index in [0.29, 0.717) is 17.7 Å². The van der Waals surface area contributed by atoms with Crippen LogP contribution in [0.1, 0.15) is 13.8 Å². The summed E-state index contributed by atoms with van der Waals surface area (Å²) >= 11 is 1.41. The molecule has 0 radical (unpaired) electrons. The molecule has 2 aromatic rings. The average Bonchev–Trinajstić information content (AvgIpc) is 2.86. The fourth-order valence-electron chi connectivity index (χ4n) is 1.78. The molecule has 6 nitrogen and oxygen atoms in total. The molecular formula is C15H21N3O3S. The largest absolute Gasteiger partial charge is 0.389 e. The van der Waals surface area contributed by atoms with Crippen LogP contribution in [0.4, 0.5) is 9.93 Å². The zero-order chi connectivity index (χ0) is 15.9. The number of aromatic nitrogens is 1. The van der Waals surface area contributed by atoms with Gasteiger partial charge in [0.05, 0.1) is 22.9 Å². The second-order valence-corrected chi connectivity index (χ2v) is 6.44. The number of fused-ring (bicyclic) bond motifs is 1.